The zero-order chi connectivity index (χ0) is 20.1. The fourth-order valence-corrected chi connectivity index (χ4v) is 3.07. The number of carbonyl (C=O) groups excluding carboxylic acids is 1. The summed E-state index contributed by atoms with van der Waals surface area (Å²) >= 11 is 0. The molecule has 0 aromatic heterocycles. The average molecular weight is 382 g/mol. The van der Waals surface area contributed by atoms with E-state index < -0.39 is 5.97 Å². The molecule has 0 bridgehead atoms. The normalized spacial score (nSPS) is 13.8. The molecule has 3 N–H and O–H groups in total. The van der Waals surface area contributed by atoms with Gasteiger partial charge >= 0.3 is 5.97 Å². The van der Waals surface area contributed by atoms with Gasteiger partial charge < -0.3 is 25.2 Å². The van der Waals surface area contributed by atoms with Crippen LogP contribution < -0.4 is 20.1 Å². The third-order valence-corrected chi connectivity index (χ3v) is 4.44. The first-order valence-electron chi connectivity index (χ1n) is 8.84. The number of ether oxygens (including phenoxy) is 2. The van der Waals surface area contributed by atoms with E-state index in [0.29, 0.717) is 35.7 Å². The number of hydrogen-bond acceptors (Lipinski definition) is 5. The summed E-state index contributed by atoms with van der Waals surface area (Å²) < 4.78 is 10.6. The minimum absolute atomic E-state index is 0.00907. The van der Waals surface area contributed by atoms with E-state index in [4.69, 9.17) is 14.6 Å². The molecule has 0 spiro atoms. The van der Waals surface area contributed by atoms with E-state index in [2.05, 4.69) is 10.6 Å². The molecule has 28 heavy (non-hydrogen) atoms. The lowest BCUT2D eigenvalue weighted by Crippen LogP contribution is -2.05. The number of carboxylic acids is 1. The highest BCUT2D eigenvalue weighted by Gasteiger charge is 2.26. The molecule has 146 valence electrons. The summed E-state index contributed by atoms with van der Waals surface area (Å²) in [6.45, 7) is 0.637. The van der Waals surface area contributed by atoms with Crippen molar-refractivity contribution in [3.05, 3.63) is 53.6 Å². The van der Waals surface area contributed by atoms with Gasteiger partial charge in [-0.15, -0.1) is 0 Å². The first-order chi connectivity index (χ1) is 13.5. The molecule has 0 radical (unpaired) electrons. The van der Waals surface area contributed by atoms with Gasteiger partial charge in [0.2, 0.25) is 0 Å². The number of carboxylic acid groups (broad SMARTS) is 1. The number of rotatable bonds is 8. The van der Waals surface area contributed by atoms with Crippen LogP contribution in [0.1, 0.15) is 17.5 Å². The molecule has 3 rings (SSSR count). The lowest BCUT2D eigenvalue weighted by Gasteiger charge is -2.09. The summed E-state index contributed by atoms with van der Waals surface area (Å²) in [4.78, 5) is 23.0. The second-order valence-electron chi connectivity index (χ2n) is 6.31. The van der Waals surface area contributed by atoms with Crippen LogP contribution in [0, 0.1) is 0 Å². The predicted molar refractivity (Wildman–Crippen MR) is 107 cm³/mol. The molecule has 1 aliphatic heterocycles. The molecule has 1 heterocycles. The van der Waals surface area contributed by atoms with E-state index >= 15 is 0 Å². The Hall–Kier alpha value is -3.48. The average Bonchev–Trinajstić information content (AvgIpc) is 2.99. The van der Waals surface area contributed by atoms with Crippen LogP contribution >= 0.6 is 0 Å². The van der Waals surface area contributed by atoms with Crippen molar-refractivity contribution in [2.45, 2.75) is 12.8 Å². The summed E-state index contributed by atoms with van der Waals surface area (Å²) in [6, 6.07) is 10.8. The molecular weight excluding hydrogens is 360 g/mol. The number of anilines is 2. The number of fused-ring (bicyclic) bond motifs is 1. The molecule has 7 nitrogen and oxygen atoms in total. The first kappa shape index (κ1) is 19.3. The van der Waals surface area contributed by atoms with Gasteiger partial charge in [0.15, 0.2) is 11.5 Å². The Kier molecular flexibility index (Phi) is 5.84. The Balaban J connectivity index is 1.64. The van der Waals surface area contributed by atoms with E-state index in [9.17, 15) is 9.59 Å². The smallest absolute Gasteiger partial charge is 0.307 e. The molecule has 2 aromatic carbocycles. The number of amides is 1. The van der Waals surface area contributed by atoms with Crippen molar-refractivity contribution < 1.29 is 24.2 Å². The van der Waals surface area contributed by atoms with Gasteiger partial charge in [-0.1, -0.05) is 18.2 Å². The van der Waals surface area contributed by atoms with Crippen LogP contribution in [0.2, 0.25) is 0 Å². The van der Waals surface area contributed by atoms with Gasteiger partial charge in [-0.2, -0.15) is 0 Å². The highest BCUT2D eigenvalue weighted by atomic mass is 16.5. The van der Waals surface area contributed by atoms with E-state index in [1.807, 2.05) is 18.2 Å². The molecular formula is C21H22N2O5. The lowest BCUT2D eigenvalue weighted by molar-refractivity contribution is -0.136. The SMILES string of the molecule is COc1cc2c(cc1OC)C(=CCCNc1ccc(CC(=O)O)cc1)C(=O)N2. The zero-order valence-electron chi connectivity index (χ0n) is 15.7. The van der Waals surface area contributed by atoms with Gasteiger partial charge in [0.05, 0.1) is 26.3 Å². The Bertz CT molecular complexity index is 919. The number of hydrogen-bond donors (Lipinski definition) is 3. The minimum atomic E-state index is -0.850. The summed E-state index contributed by atoms with van der Waals surface area (Å²) in [6.07, 6.45) is 2.54. The van der Waals surface area contributed by atoms with Crippen molar-refractivity contribution in [1.82, 2.24) is 0 Å². The molecule has 7 heteroatoms. The van der Waals surface area contributed by atoms with E-state index in [1.165, 1.54) is 0 Å². The van der Waals surface area contributed by atoms with Gasteiger partial charge in [0.25, 0.3) is 5.91 Å². The van der Waals surface area contributed by atoms with Crippen LogP contribution in [0.3, 0.4) is 0 Å². The summed E-state index contributed by atoms with van der Waals surface area (Å²) in [5, 5.41) is 14.9. The van der Waals surface area contributed by atoms with Gasteiger partial charge in [-0.3, -0.25) is 9.59 Å². The van der Waals surface area contributed by atoms with Crippen LogP contribution in [0.5, 0.6) is 11.5 Å². The van der Waals surface area contributed by atoms with Gasteiger partial charge in [-0.05, 0) is 30.2 Å². The lowest BCUT2D eigenvalue weighted by atomic mass is 10.1. The Labute approximate surface area is 163 Å². The minimum Gasteiger partial charge on any atom is -0.493 e. The Morgan fingerprint density at radius 1 is 1.14 bits per heavy atom. The molecule has 0 aliphatic carbocycles. The van der Waals surface area contributed by atoms with Crippen molar-refractivity contribution >= 4 is 28.8 Å². The number of nitrogens with one attached hydrogen (secondary N) is 2. The van der Waals surface area contributed by atoms with Gasteiger partial charge in [0.1, 0.15) is 0 Å². The van der Waals surface area contributed by atoms with E-state index in [0.717, 1.165) is 16.8 Å². The number of methoxy groups -OCH3 is 2. The van der Waals surface area contributed by atoms with E-state index in [1.54, 1.807) is 38.5 Å². The van der Waals surface area contributed by atoms with Crippen molar-refractivity contribution in [3.63, 3.8) is 0 Å². The van der Waals surface area contributed by atoms with Crippen LogP contribution in [-0.2, 0) is 16.0 Å². The molecule has 2 aromatic rings. The molecule has 0 fully saturated rings. The summed E-state index contributed by atoms with van der Waals surface area (Å²) in [5.74, 6) is 0.138. The second kappa shape index (κ2) is 8.47. The highest BCUT2D eigenvalue weighted by molar-refractivity contribution is 6.31. The quantitative estimate of drug-likeness (QED) is 0.479. The third kappa shape index (κ3) is 4.25. The molecule has 1 amide bonds. The fourth-order valence-electron chi connectivity index (χ4n) is 3.07. The van der Waals surface area contributed by atoms with Gasteiger partial charge in [-0.25, -0.2) is 0 Å². The second-order valence-corrected chi connectivity index (χ2v) is 6.31. The van der Waals surface area contributed by atoms with Crippen molar-refractivity contribution in [1.29, 1.82) is 0 Å². The highest BCUT2D eigenvalue weighted by Crippen LogP contribution is 2.40. The van der Waals surface area contributed by atoms with Crippen LogP contribution in [-0.4, -0.2) is 37.7 Å². The molecule has 0 unspecified atom stereocenters. The molecule has 1 aliphatic rings. The zero-order valence-corrected chi connectivity index (χ0v) is 15.7. The van der Waals surface area contributed by atoms with Crippen LogP contribution in [0.15, 0.2) is 42.5 Å². The van der Waals surface area contributed by atoms with Gasteiger partial charge in [0, 0.05) is 29.4 Å². The Morgan fingerprint density at radius 2 is 1.82 bits per heavy atom. The molecule has 0 atom stereocenters. The number of benzene rings is 2. The van der Waals surface area contributed by atoms with Crippen molar-refractivity contribution in [2.75, 3.05) is 31.4 Å². The van der Waals surface area contributed by atoms with Crippen LogP contribution in [0.25, 0.3) is 5.57 Å². The maximum atomic E-state index is 12.3. The Morgan fingerprint density at radius 3 is 2.46 bits per heavy atom. The summed E-state index contributed by atoms with van der Waals surface area (Å²) in [7, 11) is 3.11. The predicted octanol–water partition coefficient (Wildman–Crippen LogP) is 3.17. The van der Waals surface area contributed by atoms with E-state index in [-0.39, 0.29) is 12.3 Å². The topological polar surface area (TPSA) is 96.9 Å². The monoisotopic (exact) mass is 382 g/mol. The van der Waals surface area contributed by atoms with Crippen molar-refractivity contribution in [2.24, 2.45) is 0 Å². The number of aliphatic carboxylic acids is 1. The van der Waals surface area contributed by atoms with Crippen LogP contribution in [0.4, 0.5) is 11.4 Å². The maximum absolute atomic E-state index is 12.3. The standard InChI is InChI=1S/C21H22N2O5/c1-27-18-11-16-15(21(26)23-17(16)12-19(18)28-2)4-3-9-22-14-7-5-13(6-8-14)10-20(24)25/h4-8,11-12,22H,3,9-10H2,1-2H3,(H,23,26)(H,24,25). The van der Waals surface area contributed by atoms with Crippen molar-refractivity contribution in [3.8, 4) is 11.5 Å². The first-order valence-corrected chi connectivity index (χ1v) is 8.84. The summed E-state index contributed by atoms with van der Waals surface area (Å²) in [5.41, 5.74) is 3.75. The maximum Gasteiger partial charge on any atom is 0.307 e. The molecule has 0 saturated carbocycles. The third-order valence-electron chi connectivity index (χ3n) is 4.44. The molecule has 0 saturated heterocycles. The largest absolute Gasteiger partial charge is 0.493 e. The fraction of sp³-hybridized carbons (Fsp3) is 0.238. The number of carbonyl (C=O) groups is 2.